The van der Waals surface area contributed by atoms with Crippen molar-refractivity contribution in [2.24, 2.45) is 0 Å². The number of nitro groups is 1. The molecule has 2 aromatic carbocycles. The van der Waals surface area contributed by atoms with Gasteiger partial charge in [-0.2, -0.15) is 0 Å². The zero-order chi connectivity index (χ0) is 14.7. The Morgan fingerprint density at radius 2 is 1.90 bits per heavy atom. The highest BCUT2D eigenvalue weighted by atomic mass is 79.9. The maximum absolute atomic E-state index is 13.2. The molecule has 4 nitrogen and oxygen atoms in total. The van der Waals surface area contributed by atoms with Crippen molar-refractivity contribution in [3.05, 3.63) is 68.2 Å². The molecule has 7 heteroatoms. The first-order valence-electron chi connectivity index (χ1n) is 5.47. The van der Waals surface area contributed by atoms with Crippen LogP contribution < -0.4 is 4.74 Å². The van der Waals surface area contributed by atoms with Crippen LogP contribution in [-0.4, -0.2) is 4.92 Å². The number of hydrogen-bond acceptors (Lipinski definition) is 3. The van der Waals surface area contributed by atoms with E-state index in [-0.39, 0.29) is 18.0 Å². The van der Waals surface area contributed by atoms with E-state index in [1.165, 1.54) is 12.1 Å². The van der Waals surface area contributed by atoms with Gasteiger partial charge in [0, 0.05) is 16.6 Å². The first-order valence-corrected chi connectivity index (χ1v) is 6.27. The van der Waals surface area contributed by atoms with Gasteiger partial charge in [0.2, 0.25) is 0 Å². The van der Waals surface area contributed by atoms with Gasteiger partial charge in [-0.25, -0.2) is 8.78 Å². The molecule has 0 aliphatic carbocycles. The second-order valence-electron chi connectivity index (χ2n) is 3.94. The van der Waals surface area contributed by atoms with Crippen molar-refractivity contribution >= 4 is 21.6 Å². The van der Waals surface area contributed by atoms with Crippen LogP contribution in [0.4, 0.5) is 14.5 Å². The molecule has 0 saturated heterocycles. The third-order valence-corrected chi connectivity index (χ3v) is 2.89. The molecule has 0 spiro atoms. The molecule has 2 rings (SSSR count). The van der Waals surface area contributed by atoms with Gasteiger partial charge in [-0.3, -0.25) is 10.1 Å². The highest BCUT2D eigenvalue weighted by molar-refractivity contribution is 9.10. The van der Waals surface area contributed by atoms with E-state index in [2.05, 4.69) is 15.9 Å². The van der Waals surface area contributed by atoms with Gasteiger partial charge in [-0.15, -0.1) is 0 Å². The molecule has 20 heavy (non-hydrogen) atoms. The Morgan fingerprint density at radius 1 is 1.15 bits per heavy atom. The van der Waals surface area contributed by atoms with Crippen molar-refractivity contribution in [1.29, 1.82) is 0 Å². The van der Waals surface area contributed by atoms with Gasteiger partial charge in [0.05, 0.1) is 4.92 Å². The third kappa shape index (κ3) is 3.51. The molecular formula is C13H8BrF2NO3. The molecule has 0 unspecified atom stereocenters. The van der Waals surface area contributed by atoms with Crippen molar-refractivity contribution in [3.63, 3.8) is 0 Å². The number of nitrogens with zero attached hydrogens (tertiary/aromatic N) is 1. The number of halogens is 3. The third-order valence-electron chi connectivity index (χ3n) is 2.44. The molecule has 0 aliphatic heterocycles. The average molecular weight is 344 g/mol. The maximum Gasteiger partial charge on any atom is 0.311 e. The van der Waals surface area contributed by atoms with Gasteiger partial charge < -0.3 is 4.74 Å². The molecule has 0 radical (unpaired) electrons. The average Bonchev–Trinajstić information content (AvgIpc) is 2.35. The molecule has 2 aromatic rings. The Labute approximate surface area is 121 Å². The Balaban J connectivity index is 2.22. The normalized spacial score (nSPS) is 10.3. The molecule has 0 amide bonds. The van der Waals surface area contributed by atoms with Gasteiger partial charge in [0.15, 0.2) is 5.75 Å². The molecule has 0 aliphatic rings. The summed E-state index contributed by atoms with van der Waals surface area (Å²) < 4.78 is 32.0. The fourth-order valence-corrected chi connectivity index (χ4v) is 2.12. The second kappa shape index (κ2) is 5.96. The van der Waals surface area contributed by atoms with Crippen molar-refractivity contribution < 1.29 is 18.4 Å². The zero-order valence-corrected chi connectivity index (χ0v) is 11.6. The number of rotatable bonds is 4. The van der Waals surface area contributed by atoms with Gasteiger partial charge in [0.1, 0.15) is 18.2 Å². The predicted octanol–water partition coefficient (Wildman–Crippen LogP) is 4.21. The van der Waals surface area contributed by atoms with Crippen LogP contribution >= 0.6 is 15.9 Å². The summed E-state index contributed by atoms with van der Waals surface area (Å²) in [6, 6.07) is 7.03. The molecule has 0 atom stereocenters. The SMILES string of the molecule is O=[N+]([O-])c1ccc(F)cc1OCc1cc(F)cc(Br)c1. The fourth-order valence-electron chi connectivity index (χ4n) is 1.61. The van der Waals surface area contributed by atoms with Crippen LogP contribution in [0.3, 0.4) is 0 Å². The quantitative estimate of drug-likeness (QED) is 0.617. The lowest BCUT2D eigenvalue weighted by atomic mass is 10.2. The highest BCUT2D eigenvalue weighted by Crippen LogP contribution is 2.28. The standard InChI is InChI=1S/C13H8BrF2NO3/c14-9-3-8(4-11(16)5-9)7-20-13-6-10(15)1-2-12(13)17(18)19/h1-6H,7H2. The van der Waals surface area contributed by atoms with Crippen LogP contribution in [-0.2, 0) is 6.61 Å². The van der Waals surface area contributed by atoms with E-state index in [9.17, 15) is 18.9 Å². The smallest absolute Gasteiger partial charge is 0.311 e. The first kappa shape index (κ1) is 14.4. The molecule has 0 bridgehead atoms. The molecule has 0 aromatic heterocycles. The van der Waals surface area contributed by atoms with E-state index >= 15 is 0 Å². The molecule has 0 fully saturated rings. The lowest BCUT2D eigenvalue weighted by Gasteiger charge is -2.07. The zero-order valence-electron chi connectivity index (χ0n) is 9.98. The topological polar surface area (TPSA) is 52.4 Å². The Kier molecular flexibility index (Phi) is 4.29. The van der Waals surface area contributed by atoms with Crippen LogP contribution in [0.5, 0.6) is 5.75 Å². The Morgan fingerprint density at radius 3 is 2.55 bits per heavy atom. The predicted molar refractivity (Wildman–Crippen MR) is 71.5 cm³/mol. The van der Waals surface area contributed by atoms with Gasteiger partial charge in [0.25, 0.3) is 0 Å². The number of hydrogen-bond donors (Lipinski definition) is 0. The van der Waals surface area contributed by atoms with Gasteiger partial charge >= 0.3 is 5.69 Å². The summed E-state index contributed by atoms with van der Waals surface area (Å²) in [6.45, 7) is -0.110. The monoisotopic (exact) mass is 343 g/mol. The summed E-state index contributed by atoms with van der Waals surface area (Å²) in [5.74, 6) is -1.31. The van der Waals surface area contributed by atoms with E-state index < -0.39 is 16.6 Å². The first-order chi connectivity index (χ1) is 9.45. The van der Waals surface area contributed by atoms with Crippen LogP contribution in [0.25, 0.3) is 0 Å². The number of benzene rings is 2. The van der Waals surface area contributed by atoms with Crippen LogP contribution in [0.1, 0.15) is 5.56 Å². The molecular weight excluding hydrogens is 336 g/mol. The number of nitro benzene ring substituents is 1. The van der Waals surface area contributed by atoms with Crippen LogP contribution in [0.2, 0.25) is 0 Å². The van der Waals surface area contributed by atoms with Crippen molar-refractivity contribution in [2.45, 2.75) is 6.61 Å². The second-order valence-corrected chi connectivity index (χ2v) is 4.85. The minimum Gasteiger partial charge on any atom is -0.482 e. The number of ether oxygens (including phenoxy) is 1. The maximum atomic E-state index is 13.2. The largest absolute Gasteiger partial charge is 0.482 e. The van der Waals surface area contributed by atoms with Crippen LogP contribution in [0.15, 0.2) is 40.9 Å². The van der Waals surface area contributed by atoms with E-state index in [1.54, 1.807) is 6.07 Å². The minimum absolute atomic E-state index is 0.110. The summed E-state index contributed by atoms with van der Waals surface area (Å²) in [7, 11) is 0. The highest BCUT2D eigenvalue weighted by Gasteiger charge is 2.16. The van der Waals surface area contributed by atoms with Crippen LogP contribution in [0, 0.1) is 21.7 Å². The van der Waals surface area contributed by atoms with E-state index in [4.69, 9.17) is 4.74 Å². The molecule has 0 N–H and O–H groups in total. The summed E-state index contributed by atoms with van der Waals surface area (Å²) in [5.41, 5.74) is 0.123. The van der Waals surface area contributed by atoms with Crippen molar-refractivity contribution in [3.8, 4) is 5.75 Å². The molecule has 104 valence electrons. The lowest BCUT2D eigenvalue weighted by molar-refractivity contribution is -0.386. The molecule has 0 saturated carbocycles. The van der Waals surface area contributed by atoms with Gasteiger partial charge in [-0.1, -0.05) is 15.9 Å². The Hall–Kier alpha value is -2.02. The minimum atomic E-state index is -0.670. The molecule has 0 heterocycles. The van der Waals surface area contributed by atoms with Crippen molar-refractivity contribution in [2.75, 3.05) is 0 Å². The Bertz CT molecular complexity index is 644. The van der Waals surface area contributed by atoms with E-state index in [1.807, 2.05) is 0 Å². The summed E-state index contributed by atoms with van der Waals surface area (Å²) in [4.78, 5) is 10.1. The van der Waals surface area contributed by atoms with E-state index in [0.717, 1.165) is 18.2 Å². The fraction of sp³-hybridized carbons (Fsp3) is 0.0769. The van der Waals surface area contributed by atoms with Crippen molar-refractivity contribution in [1.82, 2.24) is 0 Å². The summed E-state index contributed by atoms with van der Waals surface area (Å²) in [6.07, 6.45) is 0. The summed E-state index contributed by atoms with van der Waals surface area (Å²) >= 11 is 3.12. The lowest BCUT2D eigenvalue weighted by Crippen LogP contribution is -2.00. The van der Waals surface area contributed by atoms with E-state index in [0.29, 0.717) is 10.0 Å². The summed E-state index contributed by atoms with van der Waals surface area (Å²) in [5, 5.41) is 10.8. The van der Waals surface area contributed by atoms with Gasteiger partial charge in [-0.05, 0) is 29.8 Å².